The normalized spacial score (nSPS) is 22.8. The molecule has 2 unspecified atom stereocenters. The summed E-state index contributed by atoms with van der Waals surface area (Å²) >= 11 is 5.94. The number of carbonyl (C=O) groups excluding carboxylic acids is 1. The smallest absolute Gasteiger partial charge is 0.322 e. The standard InChI is InChI=1S/C14H17ClN2O3/c1-20-14(18)13-6-9(8-16-13)5-12(17-19)10-3-2-4-11(15)7-10/h2-4,7,9,13,16,19H,5-6,8H2,1H3/b17-12+. The van der Waals surface area contributed by atoms with Crippen LogP contribution in [0.5, 0.6) is 0 Å². The first-order valence-electron chi connectivity index (χ1n) is 6.42. The van der Waals surface area contributed by atoms with E-state index in [2.05, 4.69) is 10.5 Å². The number of hydrogen-bond donors (Lipinski definition) is 2. The number of nitrogens with one attached hydrogen (secondary N) is 1. The average Bonchev–Trinajstić information content (AvgIpc) is 2.92. The molecule has 5 nitrogen and oxygen atoms in total. The lowest BCUT2D eigenvalue weighted by Gasteiger charge is -2.10. The van der Waals surface area contributed by atoms with Crippen molar-refractivity contribution in [2.24, 2.45) is 11.1 Å². The Morgan fingerprint density at radius 1 is 1.60 bits per heavy atom. The predicted octanol–water partition coefficient (Wildman–Crippen LogP) is 2.06. The molecule has 1 aromatic carbocycles. The third kappa shape index (κ3) is 3.49. The summed E-state index contributed by atoms with van der Waals surface area (Å²) in [5.74, 6) is -0.0262. The third-order valence-corrected chi connectivity index (χ3v) is 3.70. The van der Waals surface area contributed by atoms with Crippen LogP contribution in [0.3, 0.4) is 0 Å². The molecule has 0 saturated carbocycles. The first-order chi connectivity index (χ1) is 9.63. The quantitative estimate of drug-likeness (QED) is 0.386. The summed E-state index contributed by atoms with van der Waals surface area (Å²) in [7, 11) is 1.38. The molecule has 6 heteroatoms. The number of carbonyl (C=O) groups is 1. The van der Waals surface area contributed by atoms with E-state index in [9.17, 15) is 10.0 Å². The van der Waals surface area contributed by atoms with Gasteiger partial charge in [0.1, 0.15) is 6.04 Å². The zero-order valence-corrected chi connectivity index (χ0v) is 11.9. The molecule has 1 fully saturated rings. The topological polar surface area (TPSA) is 70.9 Å². The fourth-order valence-corrected chi connectivity index (χ4v) is 2.63. The molecule has 2 N–H and O–H groups in total. The Morgan fingerprint density at radius 3 is 3.05 bits per heavy atom. The maximum Gasteiger partial charge on any atom is 0.322 e. The van der Waals surface area contributed by atoms with E-state index in [4.69, 9.17) is 16.3 Å². The molecule has 1 aromatic rings. The molecule has 20 heavy (non-hydrogen) atoms. The summed E-state index contributed by atoms with van der Waals surface area (Å²) in [6.07, 6.45) is 1.25. The van der Waals surface area contributed by atoms with Crippen LogP contribution < -0.4 is 5.32 Å². The van der Waals surface area contributed by atoms with Gasteiger partial charge in [-0.05, 0) is 37.4 Å². The molecule has 2 rings (SSSR count). The second-order valence-corrected chi connectivity index (χ2v) is 5.28. The summed E-state index contributed by atoms with van der Waals surface area (Å²) in [4.78, 5) is 11.4. The van der Waals surface area contributed by atoms with Crippen molar-refractivity contribution in [3.8, 4) is 0 Å². The molecule has 0 bridgehead atoms. The number of hydrogen-bond acceptors (Lipinski definition) is 5. The Morgan fingerprint density at radius 2 is 2.40 bits per heavy atom. The number of benzene rings is 1. The van der Waals surface area contributed by atoms with Crippen molar-refractivity contribution in [3.05, 3.63) is 34.9 Å². The van der Waals surface area contributed by atoms with Gasteiger partial charge >= 0.3 is 5.97 Å². The van der Waals surface area contributed by atoms with Gasteiger partial charge in [0, 0.05) is 10.6 Å². The van der Waals surface area contributed by atoms with Crippen LogP contribution in [0, 0.1) is 5.92 Å². The number of esters is 1. The van der Waals surface area contributed by atoms with Crippen LogP contribution in [-0.4, -0.2) is 36.6 Å². The fraction of sp³-hybridized carbons (Fsp3) is 0.429. The van der Waals surface area contributed by atoms with E-state index < -0.39 is 0 Å². The van der Waals surface area contributed by atoms with Gasteiger partial charge in [-0.25, -0.2) is 0 Å². The summed E-state index contributed by atoms with van der Waals surface area (Å²) in [6, 6.07) is 6.92. The van der Waals surface area contributed by atoms with Gasteiger partial charge in [0.2, 0.25) is 0 Å². The second kappa shape index (κ2) is 6.72. The summed E-state index contributed by atoms with van der Waals surface area (Å²) < 4.78 is 4.72. The Labute approximate surface area is 122 Å². The van der Waals surface area contributed by atoms with Crippen molar-refractivity contribution in [2.45, 2.75) is 18.9 Å². The lowest BCUT2D eigenvalue weighted by Crippen LogP contribution is -2.31. The first kappa shape index (κ1) is 14.8. The van der Waals surface area contributed by atoms with Gasteiger partial charge in [-0.3, -0.25) is 4.79 Å². The summed E-state index contributed by atoms with van der Waals surface area (Å²) in [6.45, 7) is 0.694. The van der Waals surface area contributed by atoms with Crippen LogP contribution in [0.2, 0.25) is 5.02 Å². The molecule has 0 aromatic heterocycles. The molecule has 0 aliphatic carbocycles. The molecule has 0 radical (unpaired) electrons. The monoisotopic (exact) mass is 296 g/mol. The number of rotatable bonds is 4. The maximum atomic E-state index is 11.4. The van der Waals surface area contributed by atoms with E-state index in [1.807, 2.05) is 12.1 Å². The largest absolute Gasteiger partial charge is 0.468 e. The van der Waals surface area contributed by atoms with Gasteiger partial charge in [0.05, 0.1) is 12.8 Å². The SMILES string of the molecule is COC(=O)C1CC(C/C(=N\O)c2cccc(Cl)c2)CN1. The number of nitrogens with zero attached hydrogens (tertiary/aromatic N) is 1. The lowest BCUT2D eigenvalue weighted by atomic mass is 9.95. The van der Waals surface area contributed by atoms with Crippen molar-refractivity contribution in [1.82, 2.24) is 5.32 Å². The molecule has 2 atom stereocenters. The minimum atomic E-state index is -0.274. The Hall–Kier alpha value is -1.59. The van der Waals surface area contributed by atoms with Gasteiger partial charge in [-0.1, -0.05) is 28.9 Å². The first-order valence-corrected chi connectivity index (χ1v) is 6.80. The molecular weight excluding hydrogens is 280 g/mol. The molecule has 0 amide bonds. The third-order valence-electron chi connectivity index (χ3n) is 3.47. The minimum absolute atomic E-state index is 0.226. The lowest BCUT2D eigenvalue weighted by molar-refractivity contribution is -0.142. The van der Waals surface area contributed by atoms with Crippen LogP contribution >= 0.6 is 11.6 Å². The number of methoxy groups -OCH3 is 1. The van der Waals surface area contributed by atoms with E-state index in [0.29, 0.717) is 30.1 Å². The molecule has 108 valence electrons. The van der Waals surface area contributed by atoms with Crippen LogP contribution in [-0.2, 0) is 9.53 Å². The van der Waals surface area contributed by atoms with Crippen molar-refractivity contribution >= 4 is 23.3 Å². The number of halogens is 1. The van der Waals surface area contributed by atoms with Gasteiger partial charge in [0.25, 0.3) is 0 Å². The van der Waals surface area contributed by atoms with Crippen molar-refractivity contribution in [3.63, 3.8) is 0 Å². The molecule has 0 spiro atoms. The highest BCUT2D eigenvalue weighted by Crippen LogP contribution is 2.22. The van der Waals surface area contributed by atoms with E-state index in [0.717, 1.165) is 5.56 Å². The van der Waals surface area contributed by atoms with Gasteiger partial charge in [-0.15, -0.1) is 0 Å². The van der Waals surface area contributed by atoms with Crippen molar-refractivity contribution in [2.75, 3.05) is 13.7 Å². The zero-order chi connectivity index (χ0) is 14.5. The molecule has 1 saturated heterocycles. The maximum absolute atomic E-state index is 11.4. The Balaban J connectivity index is 2.00. The van der Waals surface area contributed by atoms with Gasteiger partial charge < -0.3 is 15.3 Å². The molecule has 1 heterocycles. The molecule has 1 aliphatic rings. The number of ether oxygens (including phenoxy) is 1. The van der Waals surface area contributed by atoms with Crippen LogP contribution in [0.4, 0.5) is 0 Å². The summed E-state index contributed by atoms with van der Waals surface area (Å²) in [5.41, 5.74) is 1.37. The van der Waals surface area contributed by atoms with Gasteiger partial charge in [0.15, 0.2) is 0 Å². The van der Waals surface area contributed by atoms with Gasteiger partial charge in [-0.2, -0.15) is 0 Å². The van der Waals surface area contributed by atoms with E-state index in [-0.39, 0.29) is 17.9 Å². The highest BCUT2D eigenvalue weighted by molar-refractivity contribution is 6.31. The Kier molecular flexibility index (Phi) is 4.98. The number of oxime groups is 1. The van der Waals surface area contributed by atoms with Crippen molar-refractivity contribution < 1.29 is 14.7 Å². The predicted molar refractivity (Wildman–Crippen MR) is 76.3 cm³/mol. The molecular formula is C14H17ClN2O3. The second-order valence-electron chi connectivity index (χ2n) is 4.85. The van der Waals surface area contributed by atoms with Crippen LogP contribution in [0.1, 0.15) is 18.4 Å². The van der Waals surface area contributed by atoms with Crippen LogP contribution in [0.15, 0.2) is 29.4 Å². The highest BCUT2D eigenvalue weighted by Gasteiger charge is 2.31. The fourth-order valence-electron chi connectivity index (χ4n) is 2.44. The Bertz CT molecular complexity index is 519. The van der Waals surface area contributed by atoms with Crippen LogP contribution in [0.25, 0.3) is 0 Å². The van der Waals surface area contributed by atoms with E-state index in [1.165, 1.54) is 7.11 Å². The van der Waals surface area contributed by atoms with Crippen molar-refractivity contribution in [1.29, 1.82) is 0 Å². The molecule has 1 aliphatic heterocycles. The van der Waals surface area contributed by atoms with E-state index >= 15 is 0 Å². The minimum Gasteiger partial charge on any atom is -0.468 e. The van der Waals surface area contributed by atoms with E-state index in [1.54, 1.807) is 12.1 Å². The average molecular weight is 297 g/mol. The zero-order valence-electron chi connectivity index (χ0n) is 11.2. The highest BCUT2D eigenvalue weighted by atomic mass is 35.5. The summed E-state index contributed by atoms with van der Waals surface area (Å²) in [5, 5.41) is 16.3.